The van der Waals surface area contributed by atoms with Gasteiger partial charge in [0.1, 0.15) is 0 Å². The van der Waals surface area contributed by atoms with Crippen LogP contribution in [-0.2, 0) is 42.3 Å². The zero-order valence-electron chi connectivity index (χ0n) is 10.5. The largest absolute Gasteiger partial charge is 2.00 e. The van der Waals surface area contributed by atoms with Crippen molar-refractivity contribution in [3.8, 4) is 0 Å². The molecule has 0 aromatic carbocycles. The van der Waals surface area contributed by atoms with Gasteiger partial charge in [-0.05, 0) is 0 Å². The standard InChI is InChI=1S/2C5H10N2S2.Fe/c2*8-5(9)7-3-1-6-2-4-7;/h2*6H,1-4H2,(H,8,9);/q;;+2/p-2. The molecule has 0 bridgehead atoms. The van der Waals surface area contributed by atoms with E-state index in [0.29, 0.717) is 8.64 Å². The summed E-state index contributed by atoms with van der Waals surface area (Å²) in [6, 6.07) is 0. The molecule has 110 valence electrons. The Balaban J connectivity index is 0.000000324. The molecule has 4 nitrogen and oxygen atoms in total. The van der Waals surface area contributed by atoms with E-state index < -0.39 is 0 Å². The van der Waals surface area contributed by atoms with Crippen LogP contribution < -0.4 is 10.6 Å². The summed E-state index contributed by atoms with van der Waals surface area (Å²) in [5, 5.41) is 6.44. The Bertz CT molecular complexity index is 253. The first kappa shape index (κ1) is 19.7. The fourth-order valence-electron chi connectivity index (χ4n) is 1.69. The normalized spacial score (nSPS) is 18.7. The van der Waals surface area contributed by atoms with Gasteiger partial charge in [-0.3, -0.25) is 0 Å². The van der Waals surface area contributed by atoms with Gasteiger partial charge in [0.15, 0.2) is 0 Å². The molecule has 0 amide bonds. The summed E-state index contributed by atoms with van der Waals surface area (Å²) in [7, 11) is 0. The zero-order chi connectivity index (χ0) is 13.4. The third-order valence-electron chi connectivity index (χ3n) is 2.75. The molecule has 0 unspecified atom stereocenters. The SMILES string of the molecule is S=C([S-])N1CCNCC1.S=C([S-])N1CCNCC1.[Fe+2]. The molecule has 0 aromatic heterocycles. The molecule has 2 heterocycles. The Morgan fingerprint density at radius 3 is 1.16 bits per heavy atom. The number of nitrogens with one attached hydrogen (secondary N) is 2. The van der Waals surface area contributed by atoms with Crippen LogP contribution in [0.25, 0.3) is 0 Å². The van der Waals surface area contributed by atoms with E-state index in [9.17, 15) is 0 Å². The van der Waals surface area contributed by atoms with Crippen LogP contribution in [0.15, 0.2) is 0 Å². The van der Waals surface area contributed by atoms with Gasteiger partial charge in [0, 0.05) is 52.4 Å². The van der Waals surface area contributed by atoms with E-state index >= 15 is 0 Å². The third kappa shape index (κ3) is 8.52. The van der Waals surface area contributed by atoms with Gasteiger partial charge in [0.05, 0.1) is 0 Å². The minimum absolute atomic E-state index is 0. The van der Waals surface area contributed by atoms with Crippen LogP contribution in [-0.4, -0.2) is 70.8 Å². The average Bonchev–Trinajstić information content (AvgIpc) is 2.41. The minimum atomic E-state index is 0. The number of hydrogen-bond acceptors (Lipinski definition) is 6. The Morgan fingerprint density at radius 1 is 0.737 bits per heavy atom. The van der Waals surface area contributed by atoms with E-state index in [1.54, 1.807) is 0 Å². The molecule has 2 fully saturated rings. The van der Waals surface area contributed by atoms with E-state index in [0.717, 1.165) is 52.4 Å². The van der Waals surface area contributed by atoms with Crippen molar-refractivity contribution >= 4 is 58.3 Å². The summed E-state index contributed by atoms with van der Waals surface area (Å²) in [5.41, 5.74) is 0. The Kier molecular flexibility index (Phi) is 11.7. The maximum atomic E-state index is 4.83. The van der Waals surface area contributed by atoms with Crippen molar-refractivity contribution in [1.82, 2.24) is 20.4 Å². The first-order chi connectivity index (χ1) is 8.61. The quantitative estimate of drug-likeness (QED) is 0.330. The van der Waals surface area contributed by atoms with Crippen molar-refractivity contribution in [3.63, 3.8) is 0 Å². The predicted octanol–water partition coefficient (Wildman–Crippen LogP) is -0.556. The van der Waals surface area contributed by atoms with Crippen LogP contribution in [0.1, 0.15) is 0 Å². The molecule has 0 saturated carbocycles. The van der Waals surface area contributed by atoms with Crippen molar-refractivity contribution < 1.29 is 17.1 Å². The summed E-state index contributed by atoms with van der Waals surface area (Å²) >= 11 is 19.3. The molecule has 19 heavy (non-hydrogen) atoms. The van der Waals surface area contributed by atoms with Crippen LogP contribution in [0, 0.1) is 0 Å². The molecule has 2 saturated heterocycles. The Morgan fingerprint density at radius 2 is 1.00 bits per heavy atom. The van der Waals surface area contributed by atoms with E-state index in [2.05, 4.69) is 10.6 Å². The number of piperazine rings is 2. The molecular weight excluding hydrogens is 360 g/mol. The molecule has 9 heteroatoms. The second-order valence-corrected chi connectivity index (χ2v) is 6.07. The van der Waals surface area contributed by atoms with E-state index in [-0.39, 0.29) is 17.1 Å². The molecular formula is C10H18FeN4S4. The van der Waals surface area contributed by atoms with Gasteiger partial charge >= 0.3 is 17.1 Å². The molecule has 2 aliphatic heterocycles. The Labute approximate surface area is 147 Å². The van der Waals surface area contributed by atoms with Crippen molar-refractivity contribution in [2.24, 2.45) is 0 Å². The molecule has 0 aliphatic carbocycles. The monoisotopic (exact) mass is 378 g/mol. The molecule has 2 rings (SSSR count). The maximum absolute atomic E-state index is 4.83. The molecule has 0 radical (unpaired) electrons. The van der Waals surface area contributed by atoms with Gasteiger partial charge in [0.25, 0.3) is 0 Å². The second-order valence-electron chi connectivity index (χ2n) is 4.01. The molecule has 2 N–H and O–H groups in total. The van der Waals surface area contributed by atoms with E-state index in [1.165, 1.54) is 0 Å². The summed E-state index contributed by atoms with van der Waals surface area (Å²) in [4.78, 5) is 4.09. The van der Waals surface area contributed by atoms with Gasteiger partial charge in [-0.1, -0.05) is 8.64 Å². The van der Waals surface area contributed by atoms with Gasteiger partial charge in [-0.15, -0.1) is 0 Å². The van der Waals surface area contributed by atoms with Crippen molar-refractivity contribution in [2.45, 2.75) is 0 Å². The number of hydrogen-bond donors (Lipinski definition) is 2. The Hall–Kier alpha value is 0.659. The summed E-state index contributed by atoms with van der Waals surface area (Å²) in [5.74, 6) is 0. The second kappa shape index (κ2) is 11.3. The van der Waals surface area contributed by atoms with Gasteiger partial charge < -0.3 is 70.1 Å². The molecule has 0 aromatic rings. The number of thiocarbonyl (C=S) groups is 2. The first-order valence-corrected chi connectivity index (χ1v) is 7.58. The molecule has 0 atom stereocenters. The number of rotatable bonds is 0. The van der Waals surface area contributed by atoms with Crippen LogP contribution in [0.5, 0.6) is 0 Å². The summed E-state index contributed by atoms with van der Waals surface area (Å²) in [6.45, 7) is 7.94. The third-order valence-corrected chi connectivity index (χ3v) is 3.78. The minimum Gasteiger partial charge on any atom is -0.411 e. The molecule has 2 aliphatic rings. The zero-order valence-corrected chi connectivity index (χ0v) is 14.9. The van der Waals surface area contributed by atoms with E-state index in [1.807, 2.05) is 9.80 Å². The average molecular weight is 378 g/mol. The van der Waals surface area contributed by atoms with Crippen LogP contribution in [0.4, 0.5) is 0 Å². The van der Waals surface area contributed by atoms with Gasteiger partial charge in [0.2, 0.25) is 0 Å². The fourth-order valence-corrected chi connectivity index (χ4v) is 2.43. The van der Waals surface area contributed by atoms with Crippen molar-refractivity contribution in [3.05, 3.63) is 0 Å². The number of nitrogens with zero attached hydrogens (tertiary/aromatic N) is 2. The van der Waals surface area contributed by atoms with Crippen molar-refractivity contribution in [1.29, 1.82) is 0 Å². The van der Waals surface area contributed by atoms with Crippen LogP contribution >= 0.6 is 24.4 Å². The fraction of sp³-hybridized carbons (Fsp3) is 0.800. The smallest absolute Gasteiger partial charge is 0.411 e. The van der Waals surface area contributed by atoms with Gasteiger partial charge in [-0.2, -0.15) is 0 Å². The first-order valence-electron chi connectivity index (χ1n) is 5.94. The molecule has 0 spiro atoms. The van der Waals surface area contributed by atoms with Gasteiger partial charge in [-0.25, -0.2) is 0 Å². The summed E-state index contributed by atoms with van der Waals surface area (Å²) in [6.07, 6.45) is 0. The predicted molar refractivity (Wildman–Crippen MR) is 88.8 cm³/mol. The van der Waals surface area contributed by atoms with Crippen LogP contribution in [0.2, 0.25) is 0 Å². The topological polar surface area (TPSA) is 30.5 Å². The van der Waals surface area contributed by atoms with Crippen molar-refractivity contribution in [2.75, 3.05) is 52.4 Å². The summed E-state index contributed by atoms with van der Waals surface area (Å²) < 4.78 is 1.22. The van der Waals surface area contributed by atoms with Crippen LogP contribution in [0.3, 0.4) is 0 Å². The van der Waals surface area contributed by atoms with E-state index in [4.69, 9.17) is 49.7 Å². The maximum Gasteiger partial charge on any atom is 2.00 e.